The highest BCUT2D eigenvalue weighted by Crippen LogP contribution is 2.29. The van der Waals surface area contributed by atoms with Gasteiger partial charge in [-0.15, -0.1) is 0 Å². The van der Waals surface area contributed by atoms with Crippen molar-refractivity contribution in [2.75, 3.05) is 13.1 Å². The summed E-state index contributed by atoms with van der Waals surface area (Å²) in [5.74, 6) is 0.557. The molecule has 0 saturated carbocycles. The Morgan fingerprint density at radius 2 is 1.76 bits per heavy atom. The van der Waals surface area contributed by atoms with Crippen LogP contribution in [-0.4, -0.2) is 39.0 Å². The number of nitrogens with zero attached hydrogens (tertiary/aromatic N) is 4. The van der Waals surface area contributed by atoms with Gasteiger partial charge in [0.25, 0.3) is 0 Å². The second kappa shape index (κ2) is 6.89. The Morgan fingerprint density at radius 1 is 1.00 bits per heavy atom. The molecule has 4 heterocycles. The van der Waals surface area contributed by atoms with E-state index < -0.39 is 0 Å². The molecule has 4 rings (SSSR count). The van der Waals surface area contributed by atoms with Crippen LogP contribution in [0.2, 0.25) is 0 Å². The molecule has 0 spiro atoms. The first kappa shape index (κ1) is 16.2. The predicted octanol–water partition coefficient (Wildman–Crippen LogP) is 4.28. The lowest BCUT2D eigenvalue weighted by Gasteiger charge is -2.34. The van der Waals surface area contributed by atoms with Crippen LogP contribution < -0.4 is 0 Å². The predicted molar refractivity (Wildman–Crippen MR) is 101 cm³/mol. The molecule has 0 unspecified atom stereocenters. The van der Waals surface area contributed by atoms with Crippen LogP contribution in [0.5, 0.6) is 0 Å². The normalized spacial score (nSPS) is 16.6. The maximum absolute atomic E-state index is 4.86. The largest absolute Gasteiger partial charge is 0.301 e. The lowest BCUT2D eigenvalue weighted by molar-refractivity contribution is 0.171. The van der Waals surface area contributed by atoms with E-state index in [-0.39, 0.29) is 0 Å². The van der Waals surface area contributed by atoms with Crippen LogP contribution in [-0.2, 0) is 0 Å². The van der Waals surface area contributed by atoms with Gasteiger partial charge in [-0.25, -0.2) is 9.97 Å². The Morgan fingerprint density at radius 3 is 2.48 bits per heavy atom. The molecule has 128 valence electrons. The van der Waals surface area contributed by atoms with Crippen LogP contribution in [0.1, 0.15) is 38.3 Å². The number of rotatable bonds is 3. The van der Waals surface area contributed by atoms with Gasteiger partial charge in [-0.1, -0.05) is 0 Å². The summed E-state index contributed by atoms with van der Waals surface area (Å²) in [5.41, 5.74) is 4.28. The highest BCUT2D eigenvalue weighted by molar-refractivity contribution is 5.80. The quantitative estimate of drug-likeness (QED) is 0.718. The van der Waals surface area contributed by atoms with Crippen LogP contribution in [0, 0.1) is 0 Å². The summed E-state index contributed by atoms with van der Waals surface area (Å²) in [7, 11) is 0. The van der Waals surface area contributed by atoms with E-state index in [1.807, 2.05) is 30.7 Å². The van der Waals surface area contributed by atoms with E-state index in [2.05, 4.69) is 46.9 Å². The lowest BCUT2D eigenvalue weighted by atomic mass is 9.92. The molecule has 0 radical (unpaired) electrons. The average Bonchev–Trinajstić information content (AvgIpc) is 2.68. The molecule has 0 bridgehead atoms. The molecule has 4 nitrogen and oxygen atoms in total. The summed E-state index contributed by atoms with van der Waals surface area (Å²) in [4.78, 5) is 16.1. The van der Waals surface area contributed by atoms with E-state index in [0.717, 1.165) is 35.2 Å². The minimum atomic E-state index is 0.557. The number of likely N-dealkylation sites (tertiary alicyclic amines) is 1. The molecular formula is C21H24N4. The summed E-state index contributed by atoms with van der Waals surface area (Å²) in [6.45, 7) is 6.88. The molecule has 1 fully saturated rings. The van der Waals surface area contributed by atoms with E-state index in [4.69, 9.17) is 4.98 Å². The maximum atomic E-state index is 4.86. The highest BCUT2D eigenvalue weighted by Gasteiger charge is 2.23. The molecule has 1 aliphatic rings. The van der Waals surface area contributed by atoms with Crippen LogP contribution in [0.25, 0.3) is 22.2 Å². The zero-order valence-electron chi connectivity index (χ0n) is 14.9. The standard InChI is InChI=1S/C21H24N4/c1-15(2)25-11-7-17(8-12-25)20-4-3-18-13-19(14-23-21(18)24-20)16-5-9-22-10-6-16/h3-6,9-10,13-15,17H,7-8,11-12H2,1-2H3. The second-order valence-corrected chi connectivity index (χ2v) is 7.15. The number of pyridine rings is 3. The Hall–Kier alpha value is -2.33. The highest BCUT2D eigenvalue weighted by atomic mass is 15.1. The van der Waals surface area contributed by atoms with Crippen molar-refractivity contribution >= 4 is 11.0 Å². The van der Waals surface area contributed by atoms with E-state index >= 15 is 0 Å². The maximum Gasteiger partial charge on any atom is 0.159 e. The Balaban J connectivity index is 1.57. The van der Waals surface area contributed by atoms with Crippen LogP contribution in [0.15, 0.2) is 48.9 Å². The van der Waals surface area contributed by atoms with E-state index in [0.29, 0.717) is 12.0 Å². The van der Waals surface area contributed by atoms with Crippen molar-refractivity contribution in [1.82, 2.24) is 19.9 Å². The molecule has 0 N–H and O–H groups in total. The van der Waals surface area contributed by atoms with Crippen molar-refractivity contribution < 1.29 is 0 Å². The van der Waals surface area contributed by atoms with Gasteiger partial charge in [0.1, 0.15) is 0 Å². The van der Waals surface area contributed by atoms with E-state index in [9.17, 15) is 0 Å². The fourth-order valence-corrected chi connectivity index (χ4v) is 3.67. The van der Waals surface area contributed by atoms with Gasteiger partial charge in [-0.05, 0) is 75.7 Å². The molecule has 4 heteroatoms. The lowest BCUT2D eigenvalue weighted by Crippen LogP contribution is -2.37. The molecule has 0 aromatic carbocycles. The third kappa shape index (κ3) is 3.40. The molecule has 0 aliphatic carbocycles. The summed E-state index contributed by atoms with van der Waals surface area (Å²) in [6.07, 6.45) is 7.90. The smallest absolute Gasteiger partial charge is 0.159 e. The van der Waals surface area contributed by atoms with Gasteiger partial charge < -0.3 is 4.90 Å². The Bertz CT molecular complexity index is 852. The molecule has 3 aromatic heterocycles. The van der Waals surface area contributed by atoms with Crippen molar-refractivity contribution in [3.63, 3.8) is 0 Å². The third-order valence-electron chi connectivity index (χ3n) is 5.26. The SMILES string of the molecule is CC(C)N1CCC(c2ccc3cc(-c4ccncc4)cnc3n2)CC1. The summed E-state index contributed by atoms with van der Waals surface area (Å²) >= 11 is 0. The first-order chi connectivity index (χ1) is 12.2. The molecular weight excluding hydrogens is 308 g/mol. The first-order valence-corrected chi connectivity index (χ1v) is 9.12. The number of fused-ring (bicyclic) bond motifs is 1. The van der Waals surface area contributed by atoms with Crippen molar-refractivity contribution in [3.8, 4) is 11.1 Å². The molecule has 1 saturated heterocycles. The molecule has 1 aliphatic heterocycles. The minimum Gasteiger partial charge on any atom is -0.301 e. The van der Waals surface area contributed by atoms with Crippen molar-refractivity contribution in [1.29, 1.82) is 0 Å². The van der Waals surface area contributed by atoms with Crippen LogP contribution in [0.3, 0.4) is 0 Å². The summed E-state index contributed by atoms with van der Waals surface area (Å²) < 4.78 is 0. The van der Waals surface area contributed by atoms with E-state index in [1.54, 1.807) is 0 Å². The Labute approximate surface area is 149 Å². The van der Waals surface area contributed by atoms with E-state index in [1.165, 1.54) is 18.5 Å². The summed E-state index contributed by atoms with van der Waals surface area (Å²) in [5, 5.41) is 1.10. The Kier molecular flexibility index (Phi) is 4.45. The minimum absolute atomic E-state index is 0.557. The van der Waals surface area contributed by atoms with Crippen molar-refractivity contribution in [3.05, 3.63) is 54.6 Å². The third-order valence-corrected chi connectivity index (χ3v) is 5.26. The zero-order valence-corrected chi connectivity index (χ0v) is 14.9. The molecule has 25 heavy (non-hydrogen) atoms. The van der Waals surface area contributed by atoms with Gasteiger partial charge in [0.05, 0.1) is 0 Å². The van der Waals surface area contributed by atoms with Crippen LogP contribution >= 0.6 is 0 Å². The van der Waals surface area contributed by atoms with Gasteiger partial charge in [0, 0.05) is 47.2 Å². The monoisotopic (exact) mass is 332 g/mol. The fraction of sp³-hybridized carbons (Fsp3) is 0.381. The second-order valence-electron chi connectivity index (χ2n) is 7.15. The van der Waals surface area contributed by atoms with Crippen molar-refractivity contribution in [2.24, 2.45) is 0 Å². The van der Waals surface area contributed by atoms with Crippen molar-refractivity contribution in [2.45, 2.75) is 38.6 Å². The topological polar surface area (TPSA) is 41.9 Å². The molecule has 0 atom stereocenters. The van der Waals surface area contributed by atoms with Gasteiger partial charge in [-0.3, -0.25) is 4.98 Å². The first-order valence-electron chi connectivity index (χ1n) is 9.12. The summed E-state index contributed by atoms with van der Waals surface area (Å²) in [6, 6.07) is 11.2. The van der Waals surface area contributed by atoms with Gasteiger partial charge in [0.2, 0.25) is 0 Å². The molecule has 3 aromatic rings. The van der Waals surface area contributed by atoms with Gasteiger partial charge >= 0.3 is 0 Å². The zero-order chi connectivity index (χ0) is 17.2. The number of aromatic nitrogens is 3. The number of piperidine rings is 1. The average molecular weight is 332 g/mol. The number of hydrogen-bond donors (Lipinski definition) is 0. The fourth-order valence-electron chi connectivity index (χ4n) is 3.67. The molecule has 0 amide bonds. The van der Waals surface area contributed by atoms with Gasteiger partial charge in [-0.2, -0.15) is 0 Å². The van der Waals surface area contributed by atoms with Crippen LogP contribution in [0.4, 0.5) is 0 Å². The number of hydrogen-bond acceptors (Lipinski definition) is 4. The van der Waals surface area contributed by atoms with Gasteiger partial charge in [0.15, 0.2) is 5.65 Å².